The molecule has 1 atom stereocenters. The van der Waals surface area contributed by atoms with Crippen LogP contribution in [0.2, 0.25) is 0 Å². The van der Waals surface area contributed by atoms with Gasteiger partial charge in [0.05, 0.1) is 6.42 Å². The molecule has 0 spiro atoms. The first kappa shape index (κ1) is 15.2. The fourth-order valence-corrected chi connectivity index (χ4v) is 1.75. The van der Waals surface area contributed by atoms with Gasteiger partial charge in [0, 0.05) is 0 Å². The molecule has 1 amide bonds. The van der Waals surface area contributed by atoms with Crippen LogP contribution in [0, 0.1) is 12.3 Å². The Kier molecular flexibility index (Phi) is 4.70. The number of hydrogen-bond donors (Lipinski definition) is 2. The first-order valence-electron chi connectivity index (χ1n) is 6.28. The molecule has 4 heteroatoms. The summed E-state index contributed by atoms with van der Waals surface area (Å²) in [5.74, 6) is -1.28. The highest BCUT2D eigenvalue weighted by Crippen LogP contribution is 2.19. The Balaban J connectivity index is 2.68. The molecule has 0 bridgehead atoms. The molecule has 0 radical (unpaired) electrons. The van der Waals surface area contributed by atoms with Crippen molar-refractivity contribution in [3.05, 3.63) is 35.4 Å². The Morgan fingerprint density at radius 2 is 1.74 bits per heavy atom. The van der Waals surface area contributed by atoms with Gasteiger partial charge in [0.25, 0.3) is 0 Å². The molecule has 0 saturated carbocycles. The number of aryl methyl sites for hydroxylation is 1. The lowest BCUT2D eigenvalue weighted by molar-refractivity contribution is -0.144. The Labute approximate surface area is 113 Å². The number of rotatable bonds is 4. The fraction of sp³-hybridized carbons (Fsp3) is 0.467. The minimum atomic E-state index is -1.01. The maximum absolute atomic E-state index is 11.9. The summed E-state index contributed by atoms with van der Waals surface area (Å²) in [7, 11) is 0. The van der Waals surface area contributed by atoms with E-state index in [4.69, 9.17) is 5.11 Å². The summed E-state index contributed by atoms with van der Waals surface area (Å²) < 4.78 is 0. The Hall–Kier alpha value is -1.84. The zero-order valence-electron chi connectivity index (χ0n) is 11.9. The first-order valence-corrected chi connectivity index (χ1v) is 6.28. The highest BCUT2D eigenvalue weighted by Gasteiger charge is 2.32. The van der Waals surface area contributed by atoms with Crippen LogP contribution in [0.5, 0.6) is 0 Å². The molecule has 0 heterocycles. The molecule has 4 nitrogen and oxygen atoms in total. The molecule has 0 aliphatic carbocycles. The summed E-state index contributed by atoms with van der Waals surface area (Å²) in [6.45, 7) is 7.34. The van der Waals surface area contributed by atoms with Crippen LogP contribution >= 0.6 is 0 Å². The van der Waals surface area contributed by atoms with Gasteiger partial charge in [0.1, 0.15) is 6.04 Å². The van der Waals surface area contributed by atoms with Gasteiger partial charge < -0.3 is 10.4 Å². The van der Waals surface area contributed by atoms with Crippen molar-refractivity contribution in [1.82, 2.24) is 5.32 Å². The lowest BCUT2D eigenvalue weighted by Crippen LogP contribution is -2.49. The van der Waals surface area contributed by atoms with Gasteiger partial charge in [-0.2, -0.15) is 0 Å². The molecule has 0 aliphatic heterocycles. The number of carbonyl (C=O) groups is 2. The first-order chi connectivity index (χ1) is 8.70. The van der Waals surface area contributed by atoms with E-state index in [9.17, 15) is 9.59 Å². The minimum absolute atomic E-state index is 0.195. The van der Waals surface area contributed by atoms with Crippen molar-refractivity contribution >= 4 is 11.9 Å². The second kappa shape index (κ2) is 5.87. The van der Waals surface area contributed by atoms with Crippen molar-refractivity contribution < 1.29 is 14.7 Å². The maximum atomic E-state index is 11.9. The van der Waals surface area contributed by atoms with Crippen molar-refractivity contribution in [3.63, 3.8) is 0 Å². The number of benzene rings is 1. The third-order valence-electron chi connectivity index (χ3n) is 2.90. The van der Waals surface area contributed by atoms with Crippen LogP contribution in [0.15, 0.2) is 24.3 Å². The van der Waals surface area contributed by atoms with E-state index in [1.165, 1.54) is 0 Å². The summed E-state index contributed by atoms with van der Waals surface area (Å²) in [6, 6.07) is 6.73. The number of carbonyl (C=O) groups excluding carboxylic acids is 1. The molecule has 1 rings (SSSR count). The maximum Gasteiger partial charge on any atom is 0.326 e. The normalized spacial score (nSPS) is 12.8. The van der Waals surface area contributed by atoms with Gasteiger partial charge in [-0.25, -0.2) is 4.79 Å². The zero-order chi connectivity index (χ0) is 14.6. The molecule has 1 aromatic carbocycles. The van der Waals surface area contributed by atoms with Crippen molar-refractivity contribution in [2.75, 3.05) is 0 Å². The number of carboxylic acids is 1. The quantitative estimate of drug-likeness (QED) is 0.874. The van der Waals surface area contributed by atoms with E-state index in [0.717, 1.165) is 11.1 Å². The third kappa shape index (κ3) is 4.73. The van der Waals surface area contributed by atoms with Gasteiger partial charge in [0.2, 0.25) is 5.91 Å². The van der Waals surface area contributed by atoms with Gasteiger partial charge in [-0.1, -0.05) is 50.6 Å². The van der Waals surface area contributed by atoms with Gasteiger partial charge in [-0.05, 0) is 17.9 Å². The van der Waals surface area contributed by atoms with Crippen LogP contribution < -0.4 is 5.32 Å². The predicted octanol–water partition coefficient (Wildman–Crippen LogP) is 2.15. The highest BCUT2D eigenvalue weighted by molar-refractivity contribution is 5.85. The number of nitrogens with one attached hydrogen (secondary N) is 1. The summed E-state index contributed by atoms with van der Waals surface area (Å²) in [6.07, 6.45) is 0.195. The van der Waals surface area contributed by atoms with Gasteiger partial charge >= 0.3 is 5.97 Å². The molecular weight excluding hydrogens is 242 g/mol. The highest BCUT2D eigenvalue weighted by atomic mass is 16.4. The predicted molar refractivity (Wildman–Crippen MR) is 73.9 cm³/mol. The second-order valence-corrected chi connectivity index (χ2v) is 5.87. The van der Waals surface area contributed by atoms with E-state index >= 15 is 0 Å². The molecule has 19 heavy (non-hydrogen) atoms. The van der Waals surface area contributed by atoms with Crippen LogP contribution in [-0.4, -0.2) is 23.0 Å². The van der Waals surface area contributed by atoms with Crippen molar-refractivity contribution in [2.24, 2.45) is 5.41 Å². The van der Waals surface area contributed by atoms with E-state index in [0.29, 0.717) is 0 Å². The van der Waals surface area contributed by atoms with Crippen molar-refractivity contribution in [2.45, 2.75) is 40.2 Å². The topological polar surface area (TPSA) is 66.4 Å². The number of amides is 1. The van der Waals surface area contributed by atoms with E-state index in [1.807, 2.05) is 31.2 Å². The minimum Gasteiger partial charge on any atom is -0.480 e. The molecule has 0 aromatic heterocycles. The van der Waals surface area contributed by atoms with Gasteiger partial charge in [-0.3, -0.25) is 4.79 Å². The largest absolute Gasteiger partial charge is 0.480 e. The summed E-state index contributed by atoms with van der Waals surface area (Å²) in [5, 5.41) is 11.7. The number of carboxylic acid groups (broad SMARTS) is 1. The molecule has 104 valence electrons. The standard InChI is InChI=1S/C15H21NO3/c1-10-5-7-11(8-6-10)9-12(17)16-13(14(18)19)15(2,3)4/h5-8,13H,9H2,1-4H3,(H,16,17)(H,18,19)/t13-/m0/s1. The smallest absolute Gasteiger partial charge is 0.326 e. The molecular formula is C15H21NO3. The van der Waals surface area contributed by atoms with Gasteiger partial charge in [0.15, 0.2) is 0 Å². The second-order valence-electron chi connectivity index (χ2n) is 5.87. The van der Waals surface area contributed by atoms with Crippen molar-refractivity contribution in [1.29, 1.82) is 0 Å². The molecule has 0 unspecified atom stereocenters. The van der Waals surface area contributed by atoms with E-state index in [2.05, 4.69) is 5.32 Å². The monoisotopic (exact) mass is 263 g/mol. The molecule has 1 aromatic rings. The Morgan fingerprint density at radius 3 is 2.16 bits per heavy atom. The Morgan fingerprint density at radius 1 is 1.21 bits per heavy atom. The summed E-state index contributed by atoms with van der Waals surface area (Å²) in [4.78, 5) is 23.0. The van der Waals surface area contributed by atoms with Crippen LogP contribution in [0.3, 0.4) is 0 Å². The summed E-state index contributed by atoms with van der Waals surface area (Å²) in [5.41, 5.74) is 1.48. The summed E-state index contributed by atoms with van der Waals surface area (Å²) >= 11 is 0. The lowest BCUT2D eigenvalue weighted by Gasteiger charge is -2.27. The average Bonchev–Trinajstić information content (AvgIpc) is 2.27. The van der Waals surface area contributed by atoms with E-state index < -0.39 is 17.4 Å². The SMILES string of the molecule is Cc1ccc(CC(=O)N[C@@H](C(=O)O)C(C)(C)C)cc1. The van der Waals surface area contributed by atoms with Crippen LogP contribution in [-0.2, 0) is 16.0 Å². The van der Waals surface area contributed by atoms with Crippen LogP contribution in [0.25, 0.3) is 0 Å². The number of aliphatic carboxylic acids is 1. The van der Waals surface area contributed by atoms with Crippen LogP contribution in [0.4, 0.5) is 0 Å². The van der Waals surface area contributed by atoms with Crippen molar-refractivity contribution in [3.8, 4) is 0 Å². The number of hydrogen-bond acceptors (Lipinski definition) is 2. The van der Waals surface area contributed by atoms with E-state index in [-0.39, 0.29) is 12.3 Å². The van der Waals surface area contributed by atoms with Crippen LogP contribution in [0.1, 0.15) is 31.9 Å². The molecule has 0 aliphatic rings. The lowest BCUT2D eigenvalue weighted by atomic mass is 9.86. The van der Waals surface area contributed by atoms with E-state index in [1.54, 1.807) is 20.8 Å². The van der Waals surface area contributed by atoms with Gasteiger partial charge in [-0.15, -0.1) is 0 Å². The molecule has 0 fully saturated rings. The molecule has 2 N–H and O–H groups in total. The molecule has 0 saturated heterocycles. The average molecular weight is 263 g/mol. The third-order valence-corrected chi connectivity index (χ3v) is 2.90. The Bertz CT molecular complexity index is 457. The zero-order valence-corrected chi connectivity index (χ0v) is 11.9. The fourth-order valence-electron chi connectivity index (χ4n) is 1.75.